The molecule has 0 fully saturated rings. The van der Waals surface area contributed by atoms with Crippen LogP contribution in [0.1, 0.15) is 0 Å². The maximum absolute atomic E-state index is 5.82. The molecule has 2 N–H and O–H groups in total. The summed E-state index contributed by atoms with van der Waals surface area (Å²) in [5.41, 5.74) is 7.37. The molecule has 0 saturated heterocycles. The number of nitrogen functional groups attached to an aromatic ring is 1. The number of aromatic nitrogens is 2. The number of benzene rings is 1. The van der Waals surface area contributed by atoms with Gasteiger partial charge in [0.1, 0.15) is 4.88 Å². The summed E-state index contributed by atoms with van der Waals surface area (Å²) in [6, 6.07) is 9.55. The highest BCUT2D eigenvalue weighted by Gasteiger charge is 2.15. The van der Waals surface area contributed by atoms with Crippen LogP contribution in [-0.4, -0.2) is 10.1 Å². The molecule has 0 spiro atoms. The van der Waals surface area contributed by atoms with E-state index in [4.69, 9.17) is 10.3 Å². The molecule has 0 radical (unpaired) electrons. The highest BCUT2D eigenvalue weighted by atomic mass is 79.9. The minimum Gasteiger partial charge on any atom is -0.397 e. The average molecular weight is 322 g/mol. The molecule has 0 aliphatic carbocycles. The maximum Gasteiger partial charge on any atom is 0.270 e. The third-order valence-corrected chi connectivity index (χ3v) is 4.04. The highest BCUT2D eigenvalue weighted by molar-refractivity contribution is 9.10. The minimum atomic E-state index is 0.452. The Labute approximate surface area is 116 Å². The summed E-state index contributed by atoms with van der Waals surface area (Å²) in [5.74, 6) is 0.999. The lowest BCUT2D eigenvalue weighted by Crippen LogP contribution is -1.84. The van der Waals surface area contributed by atoms with Gasteiger partial charge in [-0.3, -0.25) is 0 Å². The fraction of sp³-hybridized carbons (Fsp3) is 0. The zero-order valence-corrected chi connectivity index (χ0v) is 11.5. The Morgan fingerprint density at radius 2 is 2.06 bits per heavy atom. The molecule has 0 aliphatic heterocycles. The van der Waals surface area contributed by atoms with E-state index in [9.17, 15) is 0 Å². The zero-order chi connectivity index (χ0) is 12.5. The third kappa shape index (κ3) is 1.93. The molecular weight excluding hydrogens is 314 g/mol. The molecule has 0 bridgehead atoms. The Morgan fingerprint density at radius 3 is 2.78 bits per heavy atom. The number of anilines is 1. The average Bonchev–Trinajstić information content (AvgIpc) is 2.98. The quantitative estimate of drug-likeness (QED) is 0.779. The third-order valence-electron chi connectivity index (χ3n) is 2.43. The smallest absolute Gasteiger partial charge is 0.270 e. The summed E-state index contributed by atoms with van der Waals surface area (Å²) < 4.78 is 6.18. The SMILES string of the molecule is Nc1ccsc1-c1nc(-c2ccccc2Br)no1. The second-order valence-electron chi connectivity index (χ2n) is 3.61. The largest absolute Gasteiger partial charge is 0.397 e. The summed E-state index contributed by atoms with van der Waals surface area (Å²) in [5, 5.41) is 5.88. The Morgan fingerprint density at radius 1 is 1.22 bits per heavy atom. The van der Waals surface area contributed by atoms with Crippen molar-refractivity contribution in [1.29, 1.82) is 0 Å². The van der Waals surface area contributed by atoms with Crippen molar-refractivity contribution in [2.75, 3.05) is 5.73 Å². The van der Waals surface area contributed by atoms with Crippen molar-refractivity contribution in [3.63, 3.8) is 0 Å². The van der Waals surface area contributed by atoms with Crippen molar-refractivity contribution in [1.82, 2.24) is 10.1 Å². The standard InChI is InChI=1S/C12H8BrN3OS/c13-8-4-2-1-3-7(8)11-15-12(17-16-11)10-9(14)5-6-18-10/h1-6H,14H2. The van der Waals surface area contributed by atoms with Gasteiger partial charge in [-0.1, -0.05) is 33.2 Å². The molecule has 0 aliphatic rings. The van der Waals surface area contributed by atoms with Gasteiger partial charge in [-0.05, 0) is 23.6 Å². The predicted octanol–water partition coefficient (Wildman–Crippen LogP) is 3.81. The maximum atomic E-state index is 5.82. The van der Waals surface area contributed by atoms with E-state index in [-0.39, 0.29) is 0 Å². The molecule has 90 valence electrons. The Bertz CT molecular complexity index is 692. The number of hydrogen-bond acceptors (Lipinski definition) is 5. The van der Waals surface area contributed by atoms with Gasteiger partial charge in [0.15, 0.2) is 0 Å². The molecule has 6 heteroatoms. The van der Waals surface area contributed by atoms with Gasteiger partial charge < -0.3 is 10.3 Å². The number of hydrogen-bond donors (Lipinski definition) is 1. The van der Waals surface area contributed by atoms with Gasteiger partial charge in [0.05, 0.1) is 5.69 Å². The number of halogens is 1. The molecule has 0 atom stereocenters. The first-order chi connectivity index (χ1) is 8.75. The monoisotopic (exact) mass is 321 g/mol. The van der Waals surface area contributed by atoms with Gasteiger partial charge in [0, 0.05) is 10.0 Å². The highest BCUT2D eigenvalue weighted by Crippen LogP contribution is 2.32. The Hall–Kier alpha value is -1.66. The summed E-state index contributed by atoms with van der Waals surface area (Å²) in [7, 11) is 0. The van der Waals surface area contributed by atoms with Crippen LogP contribution in [-0.2, 0) is 0 Å². The lowest BCUT2D eigenvalue weighted by molar-refractivity contribution is 0.433. The first kappa shape index (κ1) is 11.4. The van der Waals surface area contributed by atoms with Gasteiger partial charge >= 0.3 is 0 Å². The van der Waals surface area contributed by atoms with Crippen LogP contribution in [0.2, 0.25) is 0 Å². The fourth-order valence-electron chi connectivity index (χ4n) is 1.56. The number of nitrogens with two attached hydrogens (primary N) is 1. The molecule has 0 unspecified atom stereocenters. The lowest BCUT2D eigenvalue weighted by Gasteiger charge is -1.96. The normalized spacial score (nSPS) is 10.7. The van der Waals surface area contributed by atoms with Crippen molar-refractivity contribution >= 4 is 33.0 Å². The molecule has 2 heterocycles. The Balaban J connectivity index is 2.05. The van der Waals surface area contributed by atoms with E-state index in [1.807, 2.05) is 35.7 Å². The van der Waals surface area contributed by atoms with Crippen LogP contribution >= 0.6 is 27.3 Å². The van der Waals surface area contributed by atoms with Crippen LogP contribution in [0.4, 0.5) is 5.69 Å². The molecule has 3 aromatic rings. The van der Waals surface area contributed by atoms with Crippen LogP contribution in [0.25, 0.3) is 22.2 Å². The second kappa shape index (κ2) is 4.55. The van der Waals surface area contributed by atoms with E-state index >= 15 is 0 Å². The lowest BCUT2D eigenvalue weighted by atomic mass is 10.2. The van der Waals surface area contributed by atoms with Crippen molar-refractivity contribution < 1.29 is 4.52 Å². The van der Waals surface area contributed by atoms with Crippen LogP contribution in [0, 0.1) is 0 Å². The second-order valence-corrected chi connectivity index (χ2v) is 5.38. The first-order valence-electron chi connectivity index (χ1n) is 5.17. The first-order valence-corrected chi connectivity index (χ1v) is 6.85. The van der Waals surface area contributed by atoms with E-state index < -0.39 is 0 Å². The summed E-state index contributed by atoms with van der Waals surface area (Å²) in [6.45, 7) is 0. The minimum absolute atomic E-state index is 0.452. The summed E-state index contributed by atoms with van der Waals surface area (Å²) in [6.07, 6.45) is 0. The van der Waals surface area contributed by atoms with E-state index in [0.29, 0.717) is 17.4 Å². The van der Waals surface area contributed by atoms with Gasteiger partial charge in [-0.15, -0.1) is 11.3 Å². The van der Waals surface area contributed by atoms with E-state index in [2.05, 4.69) is 26.1 Å². The van der Waals surface area contributed by atoms with Gasteiger partial charge in [0.2, 0.25) is 5.82 Å². The van der Waals surface area contributed by atoms with Gasteiger partial charge in [-0.2, -0.15) is 4.98 Å². The van der Waals surface area contributed by atoms with Crippen molar-refractivity contribution in [2.45, 2.75) is 0 Å². The van der Waals surface area contributed by atoms with Crippen LogP contribution in [0.3, 0.4) is 0 Å². The van der Waals surface area contributed by atoms with Crippen LogP contribution in [0.5, 0.6) is 0 Å². The van der Waals surface area contributed by atoms with E-state index in [1.54, 1.807) is 0 Å². The molecule has 18 heavy (non-hydrogen) atoms. The van der Waals surface area contributed by atoms with Gasteiger partial charge in [0.25, 0.3) is 5.89 Å². The number of thiophene rings is 1. The summed E-state index contributed by atoms with van der Waals surface area (Å²) in [4.78, 5) is 5.17. The van der Waals surface area contributed by atoms with Crippen molar-refractivity contribution in [3.8, 4) is 22.2 Å². The molecule has 0 saturated carbocycles. The predicted molar refractivity (Wildman–Crippen MR) is 75.2 cm³/mol. The molecule has 3 rings (SSSR count). The molecular formula is C12H8BrN3OS. The Kier molecular flexibility index (Phi) is 2.89. The van der Waals surface area contributed by atoms with E-state index in [1.165, 1.54) is 11.3 Å². The van der Waals surface area contributed by atoms with Gasteiger partial charge in [-0.25, -0.2) is 0 Å². The number of rotatable bonds is 2. The van der Waals surface area contributed by atoms with E-state index in [0.717, 1.165) is 14.9 Å². The van der Waals surface area contributed by atoms with Crippen molar-refractivity contribution in [3.05, 3.63) is 40.2 Å². The summed E-state index contributed by atoms with van der Waals surface area (Å²) >= 11 is 4.94. The fourth-order valence-corrected chi connectivity index (χ4v) is 2.76. The van der Waals surface area contributed by atoms with Crippen LogP contribution in [0.15, 0.2) is 44.7 Å². The number of nitrogens with zero attached hydrogens (tertiary/aromatic N) is 2. The van der Waals surface area contributed by atoms with Crippen LogP contribution < -0.4 is 5.73 Å². The molecule has 1 aromatic carbocycles. The molecule has 2 aromatic heterocycles. The molecule has 4 nitrogen and oxygen atoms in total. The zero-order valence-electron chi connectivity index (χ0n) is 9.13. The molecule has 0 amide bonds. The topological polar surface area (TPSA) is 64.9 Å². The van der Waals surface area contributed by atoms with Crippen molar-refractivity contribution in [2.24, 2.45) is 0 Å².